The predicted molar refractivity (Wildman–Crippen MR) is 88.2 cm³/mol. The molecule has 22 heavy (non-hydrogen) atoms. The maximum atomic E-state index is 12.4. The number of H-pyrrole nitrogens is 1. The van der Waals surface area contributed by atoms with E-state index in [9.17, 15) is 4.79 Å². The van der Waals surface area contributed by atoms with Crippen LogP contribution in [0.3, 0.4) is 0 Å². The first kappa shape index (κ1) is 16.7. The molecule has 1 aromatic heterocycles. The normalized spacial score (nSPS) is 17.0. The molecule has 1 aliphatic rings. The van der Waals surface area contributed by atoms with Crippen molar-refractivity contribution in [2.75, 3.05) is 18.5 Å². The first-order valence-corrected chi connectivity index (χ1v) is 7.23. The molecule has 3 rings (SSSR count). The van der Waals surface area contributed by atoms with Crippen molar-refractivity contribution in [3.8, 4) is 0 Å². The first-order valence-electron chi connectivity index (χ1n) is 7.23. The number of benzene rings is 1. The van der Waals surface area contributed by atoms with E-state index in [0.717, 1.165) is 35.0 Å². The molecule has 0 bridgehead atoms. The van der Waals surface area contributed by atoms with Gasteiger partial charge in [-0.25, -0.2) is 0 Å². The highest BCUT2D eigenvalue weighted by Gasteiger charge is 2.27. The van der Waals surface area contributed by atoms with E-state index in [1.807, 2.05) is 19.1 Å². The number of anilines is 1. The fraction of sp³-hybridized carbons (Fsp3) is 0.467. The van der Waals surface area contributed by atoms with Gasteiger partial charge in [0.2, 0.25) is 5.91 Å². The molecule has 1 saturated heterocycles. The van der Waals surface area contributed by atoms with Crippen molar-refractivity contribution in [2.45, 2.75) is 25.8 Å². The van der Waals surface area contributed by atoms with Gasteiger partial charge in [-0.3, -0.25) is 9.89 Å². The van der Waals surface area contributed by atoms with E-state index in [2.05, 4.69) is 15.5 Å². The van der Waals surface area contributed by atoms with E-state index in [1.54, 1.807) is 6.20 Å². The molecule has 1 fully saturated rings. The summed E-state index contributed by atoms with van der Waals surface area (Å²) in [5.41, 5.74) is 8.77. The number of nitrogens with two attached hydrogens (primary N) is 1. The first-order chi connectivity index (χ1) is 10.2. The van der Waals surface area contributed by atoms with Gasteiger partial charge in [-0.1, -0.05) is 6.07 Å². The lowest BCUT2D eigenvalue weighted by Crippen LogP contribution is -2.44. The minimum absolute atomic E-state index is 0. The molecule has 1 atom stereocenters. The highest BCUT2D eigenvalue weighted by molar-refractivity contribution is 6.03. The number of fused-ring (bicyclic) bond motifs is 1. The Morgan fingerprint density at radius 2 is 2.18 bits per heavy atom. The Bertz CT molecular complexity index is 652. The van der Waals surface area contributed by atoms with Gasteiger partial charge in [-0.2, -0.15) is 5.10 Å². The van der Waals surface area contributed by atoms with Crippen molar-refractivity contribution >= 4 is 34.9 Å². The predicted octanol–water partition coefficient (Wildman–Crippen LogP) is 1.99. The number of rotatable bonds is 3. The Morgan fingerprint density at radius 1 is 1.45 bits per heavy atom. The van der Waals surface area contributed by atoms with Gasteiger partial charge in [0.05, 0.1) is 23.4 Å². The van der Waals surface area contributed by atoms with Gasteiger partial charge < -0.3 is 15.8 Å². The molecule has 120 valence electrons. The number of aromatic amines is 1. The molecular weight excluding hydrogens is 304 g/mol. The molecule has 2 aromatic rings. The smallest absolute Gasteiger partial charge is 0.241 e. The van der Waals surface area contributed by atoms with E-state index >= 15 is 0 Å². The zero-order valence-electron chi connectivity index (χ0n) is 12.5. The van der Waals surface area contributed by atoms with Gasteiger partial charge >= 0.3 is 0 Å². The molecule has 1 aliphatic heterocycles. The van der Waals surface area contributed by atoms with Crippen molar-refractivity contribution in [3.05, 3.63) is 23.9 Å². The topological polar surface area (TPSA) is 93.0 Å². The lowest BCUT2D eigenvalue weighted by atomic mass is 9.92. The third-order valence-corrected chi connectivity index (χ3v) is 4.17. The number of amides is 1. The number of ether oxygens (including phenoxy) is 1. The zero-order valence-corrected chi connectivity index (χ0v) is 13.3. The molecular formula is C15H21ClN4O2. The fourth-order valence-electron chi connectivity index (χ4n) is 2.78. The largest absolute Gasteiger partial charge is 0.381 e. The average Bonchev–Trinajstić information content (AvgIpc) is 3.01. The Balaban J connectivity index is 0.00000176. The van der Waals surface area contributed by atoms with E-state index < -0.39 is 6.04 Å². The van der Waals surface area contributed by atoms with Crippen LogP contribution in [-0.4, -0.2) is 35.4 Å². The Kier molecular flexibility index (Phi) is 5.39. The molecule has 1 aromatic carbocycles. The van der Waals surface area contributed by atoms with Crippen molar-refractivity contribution in [2.24, 2.45) is 11.7 Å². The van der Waals surface area contributed by atoms with Crippen LogP contribution in [0.2, 0.25) is 0 Å². The van der Waals surface area contributed by atoms with Gasteiger partial charge in [-0.05, 0) is 37.3 Å². The van der Waals surface area contributed by atoms with Crippen LogP contribution >= 0.6 is 12.4 Å². The number of nitrogens with one attached hydrogen (secondary N) is 2. The van der Waals surface area contributed by atoms with Crippen LogP contribution in [0.4, 0.5) is 5.69 Å². The molecule has 2 heterocycles. The zero-order chi connectivity index (χ0) is 14.8. The van der Waals surface area contributed by atoms with E-state index in [1.165, 1.54) is 0 Å². The summed E-state index contributed by atoms with van der Waals surface area (Å²) < 4.78 is 5.31. The van der Waals surface area contributed by atoms with Crippen molar-refractivity contribution < 1.29 is 9.53 Å². The summed E-state index contributed by atoms with van der Waals surface area (Å²) in [6.45, 7) is 3.37. The van der Waals surface area contributed by atoms with Gasteiger partial charge in [0.15, 0.2) is 0 Å². The minimum Gasteiger partial charge on any atom is -0.381 e. The minimum atomic E-state index is -0.506. The molecule has 4 N–H and O–H groups in total. The molecule has 6 nitrogen and oxygen atoms in total. The average molecular weight is 325 g/mol. The number of halogens is 1. The summed E-state index contributed by atoms with van der Waals surface area (Å²) in [6.07, 6.45) is 3.43. The Morgan fingerprint density at radius 3 is 2.91 bits per heavy atom. The van der Waals surface area contributed by atoms with Gasteiger partial charge in [-0.15, -0.1) is 12.4 Å². The Labute approximate surface area is 135 Å². The van der Waals surface area contributed by atoms with Gasteiger partial charge in [0.25, 0.3) is 0 Å². The van der Waals surface area contributed by atoms with Crippen molar-refractivity contribution in [3.63, 3.8) is 0 Å². The Hall–Kier alpha value is -1.63. The van der Waals surface area contributed by atoms with Crippen molar-refractivity contribution in [1.82, 2.24) is 10.2 Å². The van der Waals surface area contributed by atoms with Crippen LogP contribution in [0.15, 0.2) is 18.3 Å². The number of hydrogen-bond acceptors (Lipinski definition) is 4. The lowest BCUT2D eigenvalue weighted by molar-refractivity contribution is -0.119. The van der Waals surface area contributed by atoms with E-state index in [4.69, 9.17) is 10.5 Å². The molecule has 0 radical (unpaired) electrons. The van der Waals surface area contributed by atoms with Crippen LogP contribution in [0.1, 0.15) is 18.4 Å². The summed E-state index contributed by atoms with van der Waals surface area (Å²) in [5.74, 6) is 0.0307. The van der Waals surface area contributed by atoms with Crippen LogP contribution in [0.5, 0.6) is 0 Å². The highest BCUT2D eigenvalue weighted by Crippen LogP contribution is 2.25. The maximum absolute atomic E-state index is 12.4. The standard InChI is InChI=1S/C15H20N4O2.ClH/c1-9-2-3-12(14-11(9)8-17-19-14)18-15(20)13(16)10-4-6-21-7-5-10;/h2-3,8,10,13H,4-7,16H2,1H3,(H,17,19)(H,18,20);1H. The summed E-state index contributed by atoms with van der Waals surface area (Å²) in [4.78, 5) is 12.4. The highest BCUT2D eigenvalue weighted by atomic mass is 35.5. The summed E-state index contributed by atoms with van der Waals surface area (Å²) in [7, 11) is 0. The third kappa shape index (κ3) is 3.24. The quantitative estimate of drug-likeness (QED) is 0.805. The molecule has 0 saturated carbocycles. The summed E-state index contributed by atoms with van der Waals surface area (Å²) in [5, 5.41) is 10.9. The van der Waals surface area contributed by atoms with E-state index in [-0.39, 0.29) is 24.2 Å². The molecule has 1 unspecified atom stereocenters. The number of nitrogens with zero attached hydrogens (tertiary/aromatic N) is 1. The number of carbonyl (C=O) groups excluding carboxylic acids is 1. The van der Waals surface area contributed by atoms with Crippen LogP contribution < -0.4 is 11.1 Å². The van der Waals surface area contributed by atoms with Gasteiger partial charge in [0, 0.05) is 18.6 Å². The summed E-state index contributed by atoms with van der Waals surface area (Å²) >= 11 is 0. The molecule has 1 amide bonds. The maximum Gasteiger partial charge on any atom is 0.241 e. The second kappa shape index (κ2) is 7.09. The monoisotopic (exact) mass is 324 g/mol. The van der Waals surface area contributed by atoms with Crippen LogP contribution in [-0.2, 0) is 9.53 Å². The second-order valence-corrected chi connectivity index (χ2v) is 5.55. The fourth-order valence-corrected chi connectivity index (χ4v) is 2.78. The second-order valence-electron chi connectivity index (χ2n) is 5.55. The number of hydrogen-bond donors (Lipinski definition) is 3. The molecule has 7 heteroatoms. The van der Waals surface area contributed by atoms with Crippen LogP contribution in [0, 0.1) is 12.8 Å². The summed E-state index contributed by atoms with van der Waals surface area (Å²) in [6, 6.07) is 3.34. The van der Waals surface area contributed by atoms with Crippen LogP contribution in [0.25, 0.3) is 10.9 Å². The number of carbonyl (C=O) groups is 1. The lowest BCUT2D eigenvalue weighted by Gasteiger charge is -2.26. The van der Waals surface area contributed by atoms with E-state index in [0.29, 0.717) is 13.2 Å². The molecule has 0 spiro atoms. The number of aryl methyl sites for hydroxylation is 1. The number of aromatic nitrogens is 2. The molecule has 0 aliphatic carbocycles. The SMILES string of the molecule is Cc1ccc(NC(=O)C(N)C2CCOCC2)c2[nH]ncc12.Cl. The van der Waals surface area contributed by atoms with Gasteiger partial charge in [0.1, 0.15) is 0 Å². The van der Waals surface area contributed by atoms with Crippen molar-refractivity contribution in [1.29, 1.82) is 0 Å². The third-order valence-electron chi connectivity index (χ3n) is 4.17.